The van der Waals surface area contributed by atoms with Gasteiger partial charge in [0, 0.05) is 29.9 Å². The molecule has 1 aliphatic rings. The van der Waals surface area contributed by atoms with Crippen molar-refractivity contribution in [3.05, 3.63) is 54.1 Å². The fourth-order valence-corrected chi connectivity index (χ4v) is 3.00. The smallest absolute Gasteiger partial charge is 0.262 e. The topological polar surface area (TPSA) is 88.7 Å². The molecule has 1 aliphatic heterocycles. The zero-order valence-corrected chi connectivity index (χ0v) is 17.1. The zero-order valence-electron chi connectivity index (χ0n) is 16.3. The Morgan fingerprint density at radius 1 is 1.14 bits per heavy atom. The SMILES string of the molecule is COc1cccc(NC(=O)COc2ccc(C(=O)NCC3CCCN3)cc2)c1.Cl. The molecule has 1 unspecified atom stereocenters. The number of amides is 2. The molecule has 1 heterocycles. The number of carbonyl (C=O) groups is 2. The summed E-state index contributed by atoms with van der Waals surface area (Å²) >= 11 is 0. The number of hydrogen-bond acceptors (Lipinski definition) is 5. The standard InChI is InChI=1S/C21H25N3O4.ClH/c1-27-19-6-2-4-16(12-19)24-20(25)14-28-18-9-7-15(8-10-18)21(26)23-13-17-5-3-11-22-17;/h2,4,6-10,12,17,22H,3,5,11,13-14H2,1H3,(H,23,26)(H,24,25);1H. The first-order valence-electron chi connectivity index (χ1n) is 9.32. The lowest BCUT2D eigenvalue weighted by Gasteiger charge is -2.12. The fraction of sp³-hybridized carbons (Fsp3) is 0.333. The minimum Gasteiger partial charge on any atom is -0.497 e. The van der Waals surface area contributed by atoms with Crippen LogP contribution in [0.25, 0.3) is 0 Å². The molecule has 0 radical (unpaired) electrons. The van der Waals surface area contributed by atoms with Crippen molar-refractivity contribution in [2.75, 3.05) is 32.1 Å². The van der Waals surface area contributed by atoms with E-state index < -0.39 is 0 Å². The molecule has 29 heavy (non-hydrogen) atoms. The number of halogens is 1. The summed E-state index contributed by atoms with van der Waals surface area (Å²) in [6, 6.07) is 14.2. The Hall–Kier alpha value is -2.77. The third kappa shape index (κ3) is 6.96. The maximum absolute atomic E-state index is 12.2. The van der Waals surface area contributed by atoms with Crippen LogP contribution in [0.4, 0.5) is 5.69 Å². The lowest BCUT2D eigenvalue weighted by atomic mass is 10.2. The van der Waals surface area contributed by atoms with E-state index >= 15 is 0 Å². The van der Waals surface area contributed by atoms with Crippen LogP contribution in [-0.2, 0) is 4.79 Å². The summed E-state index contributed by atoms with van der Waals surface area (Å²) in [6.07, 6.45) is 2.24. The van der Waals surface area contributed by atoms with Crippen LogP contribution in [0.15, 0.2) is 48.5 Å². The summed E-state index contributed by atoms with van der Waals surface area (Å²) in [5.41, 5.74) is 1.20. The van der Waals surface area contributed by atoms with Crippen LogP contribution >= 0.6 is 12.4 Å². The van der Waals surface area contributed by atoms with Crippen molar-refractivity contribution in [2.24, 2.45) is 0 Å². The van der Waals surface area contributed by atoms with Crippen molar-refractivity contribution < 1.29 is 19.1 Å². The predicted molar refractivity (Wildman–Crippen MR) is 114 cm³/mol. The number of carbonyl (C=O) groups excluding carboxylic acids is 2. The first-order chi connectivity index (χ1) is 13.6. The van der Waals surface area contributed by atoms with Crippen LogP contribution in [-0.4, -0.2) is 44.7 Å². The zero-order chi connectivity index (χ0) is 19.8. The highest BCUT2D eigenvalue weighted by molar-refractivity contribution is 5.94. The summed E-state index contributed by atoms with van der Waals surface area (Å²) in [5, 5.41) is 9.02. The first-order valence-corrected chi connectivity index (χ1v) is 9.32. The molecule has 7 nitrogen and oxygen atoms in total. The van der Waals surface area contributed by atoms with Crippen molar-refractivity contribution in [1.29, 1.82) is 0 Å². The van der Waals surface area contributed by atoms with Crippen LogP contribution in [0, 0.1) is 0 Å². The average molecular weight is 420 g/mol. The number of rotatable bonds is 8. The van der Waals surface area contributed by atoms with Crippen LogP contribution in [0.3, 0.4) is 0 Å². The molecular formula is C21H26ClN3O4. The molecular weight excluding hydrogens is 394 g/mol. The monoisotopic (exact) mass is 419 g/mol. The highest BCUT2D eigenvalue weighted by atomic mass is 35.5. The Balaban J connectivity index is 0.00000300. The molecule has 1 saturated heterocycles. The van der Waals surface area contributed by atoms with Gasteiger partial charge in [0.25, 0.3) is 11.8 Å². The minimum atomic E-state index is -0.279. The highest BCUT2D eigenvalue weighted by Gasteiger charge is 2.15. The first kappa shape index (κ1) is 22.5. The van der Waals surface area contributed by atoms with Crippen molar-refractivity contribution in [2.45, 2.75) is 18.9 Å². The van der Waals surface area contributed by atoms with Crippen molar-refractivity contribution >= 4 is 29.9 Å². The summed E-state index contributed by atoms with van der Waals surface area (Å²) in [4.78, 5) is 24.2. The van der Waals surface area contributed by atoms with Gasteiger partial charge >= 0.3 is 0 Å². The summed E-state index contributed by atoms with van der Waals surface area (Å²) in [7, 11) is 1.57. The normalized spacial score (nSPS) is 15.1. The second kappa shape index (κ2) is 11.3. The highest BCUT2D eigenvalue weighted by Crippen LogP contribution is 2.17. The van der Waals surface area contributed by atoms with Gasteiger partial charge in [-0.2, -0.15) is 0 Å². The third-order valence-electron chi connectivity index (χ3n) is 4.51. The van der Waals surface area contributed by atoms with E-state index in [2.05, 4.69) is 16.0 Å². The summed E-state index contributed by atoms with van der Waals surface area (Å²) in [5.74, 6) is 0.793. The Bertz CT molecular complexity index is 808. The molecule has 0 saturated carbocycles. The van der Waals surface area contributed by atoms with E-state index in [-0.39, 0.29) is 30.8 Å². The van der Waals surface area contributed by atoms with Gasteiger partial charge in [-0.3, -0.25) is 9.59 Å². The molecule has 3 rings (SSSR count). The molecule has 156 valence electrons. The van der Waals surface area contributed by atoms with E-state index in [0.29, 0.717) is 35.3 Å². The number of hydrogen-bond donors (Lipinski definition) is 3. The number of ether oxygens (including phenoxy) is 2. The molecule has 0 spiro atoms. The molecule has 1 fully saturated rings. The van der Waals surface area contributed by atoms with E-state index in [0.717, 1.165) is 19.4 Å². The molecule has 0 aromatic heterocycles. The van der Waals surface area contributed by atoms with Gasteiger partial charge in [-0.15, -0.1) is 12.4 Å². The van der Waals surface area contributed by atoms with Crippen LogP contribution in [0.2, 0.25) is 0 Å². The lowest BCUT2D eigenvalue weighted by molar-refractivity contribution is -0.118. The molecule has 2 aromatic carbocycles. The lowest BCUT2D eigenvalue weighted by Crippen LogP contribution is -2.37. The van der Waals surface area contributed by atoms with E-state index in [1.807, 2.05) is 0 Å². The van der Waals surface area contributed by atoms with Crippen molar-refractivity contribution in [1.82, 2.24) is 10.6 Å². The summed E-state index contributed by atoms with van der Waals surface area (Å²) in [6.45, 7) is 1.51. The third-order valence-corrected chi connectivity index (χ3v) is 4.51. The number of methoxy groups -OCH3 is 1. The van der Waals surface area contributed by atoms with Gasteiger partial charge in [0.05, 0.1) is 7.11 Å². The minimum absolute atomic E-state index is 0. The number of benzene rings is 2. The van der Waals surface area contributed by atoms with E-state index in [1.165, 1.54) is 0 Å². The quantitative estimate of drug-likeness (QED) is 0.612. The van der Waals surface area contributed by atoms with Gasteiger partial charge < -0.3 is 25.4 Å². The maximum Gasteiger partial charge on any atom is 0.262 e. The second-order valence-corrected chi connectivity index (χ2v) is 6.60. The average Bonchev–Trinajstić information content (AvgIpc) is 3.24. The van der Waals surface area contributed by atoms with Crippen molar-refractivity contribution in [3.63, 3.8) is 0 Å². The molecule has 3 N–H and O–H groups in total. The largest absolute Gasteiger partial charge is 0.497 e. The number of anilines is 1. The van der Waals surface area contributed by atoms with Gasteiger partial charge in [-0.1, -0.05) is 6.07 Å². The Morgan fingerprint density at radius 2 is 1.93 bits per heavy atom. The Labute approximate surface area is 176 Å². The van der Waals surface area contributed by atoms with Crippen LogP contribution in [0.1, 0.15) is 23.2 Å². The summed E-state index contributed by atoms with van der Waals surface area (Å²) < 4.78 is 10.6. The molecule has 0 aliphatic carbocycles. The van der Waals surface area contributed by atoms with Gasteiger partial charge in [-0.05, 0) is 55.8 Å². The van der Waals surface area contributed by atoms with Crippen LogP contribution < -0.4 is 25.4 Å². The fourth-order valence-electron chi connectivity index (χ4n) is 3.00. The Kier molecular flexibility index (Phi) is 8.76. The van der Waals surface area contributed by atoms with Gasteiger partial charge in [0.1, 0.15) is 11.5 Å². The molecule has 1 atom stereocenters. The van der Waals surface area contributed by atoms with Crippen molar-refractivity contribution in [3.8, 4) is 11.5 Å². The van der Waals surface area contributed by atoms with Crippen LogP contribution in [0.5, 0.6) is 11.5 Å². The van der Waals surface area contributed by atoms with E-state index in [4.69, 9.17) is 9.47 Å². The van der Waals surface area contributed by atoms with E-state index in [1.54, 1.807) is 55.6 Å². The molecule has 2 aromatic rings. The Morgan fingerprint density at radius 3 is 2.62 bits per heavy atom. The second-order valence-electron chi connectivity index (χ2n) is 6.60. The maximum atomic E-state index is 12.2. The number of nitrogens with one attached hydrogen (secondary N) is 3. The molecule has 8 heteroatoms. The van der Waals surface area contributed by atoms with Gasteiger partial charge in [-0.25, -0.2) is 0 Å². The molecule has 0 bridgehead atoms. The molecule has 2 amide bonds. The van der Waals surface area contributed by atoms with E-state index in [9.17, 15) is 9.59 Å². The predicted octanol–water partition coefficient (Wildman–Crippen LogP) is 2.62. The van der Waals surface area contributed by atoms with Gasteiger partial charge in [0.2, 0.25) is 0 Å². The van der Waals surface area contributed by atoms with Gasteiger partial charge in [0.15, 0.2) is 6.61 Å².